The van der Waals surface area contributed by atoms with Gasteiger partial charge in [0.05, 0.1) is 28.1 Å². The van der Waals surface area contributed by atoms with Gasteiger partial charge in [0.15, 0.2) is 0 Å². The number of anilines is 3. The molecule has 2 heterocycles. The third-order valence-corrected chi connectivity index (χ3v) is 5.91. The first-order valence-corrected chi connectivity index (χ1v) is 10.3. The van der Waals surface area contributed by atoms with E-state index in [1.165, 1.54) is 0 Å². The van der Waals surface area contributed by atoms with Crippen LogP contribution in [0, 0.1) is 0 Å². The molecule has 0 saturated heterocycles. The average Bonchev–Trinajstić information content (AvgIpc) is 3.16. The second-order valence-corrected chi connectivity index (χ2v) is 8.00. The van der Waals surface area contributed by atoms with Gasteiger partial charge in [-0.05, 0) is 48.5 Å². The predicted octanol–water partition coefficient (Wildman–Crippen LogP) is 7.24. The monoisotopic (exact) mass is 437 g/mol. The fourth-order valence-electron chi connectivity index (χ4n) is 4.14. The van der Waals surface area contributed by atoms with E-state index in [9.17, 15) is 0 Å². The molecule has 4 aromatic carbocycles. The maximum atomic E-state index is 5.03. The minimum absolute atomic E-state index is 0.958. The van der Waals surface area contributed by atoms with Crippen molar-refractivity contribution in [3.8, 4) is 17.1 Å². The van der Waals surface area contributed by atoms with Crippen LogP contribution in [0.1, 0.15) is 0 Å². The first-order valence-electron chi connectivity index (χ1n) is 9.53. The molecule has 0 aliphatic carbocycles. The normalized spacial score (nSPS) is 12.2. The number of halogens is 1. The third kappa shape index (κ3) is 2.46. The molecule has 0 saturated carbocycles. The lowest BCUT2D eigenvalue weighted by molar-refractivity contribution is 1.06. The van der Waals surface area contributed by atoms with Crippen molar-refractivity contribution in [2.24, 2.45) is 0 Å². The van der Waals surface area contributed by atoms with Crippen molar-refractivity contribution < 1.29 is 0 Å². The number of benzene rings is 4. The Morgan fingerprint density at radius 3 is 2.10 bits per heavy atom. The molecule has 138 valence electrons. The van der Waals surface area contributed by atoms with Crippen molar-refractivity contribution in [3.63, 3.8) is 0 Å². The van der Waals surface area contributed by atoms with Gasteiger partial charge in [-0.2, -0.15) is 0 Å². The average molecular weight is 438 g/mol. The minimum Gasteiger partial charge on any atom is -0.306 e. The third-order valence-electron chi connectivity index (χ3n) is 5.38. The lowest BCUT2D eigenvalue weighted by atomic mass is 10.1. The molecule has 1 aromatic heterocycles. The number of nitrogens with zero attached hydrogens (tertiary/aromatic N) is 3. The second-order valence-electron chi connectivity index (χ2n) is 7.08. The molecule has 1 aliphatic heterocycles. The summed E-state index contributed by atoms with van der Waals surface area (Å²) in [6.07, 6.45) is 0. The molecule has 0 bridgehead atoms. The van der Waals surface area contributed by atoms with Crippen LogP contribution >= 0.6 is 15.9 Å². The van der Waals surface area contributed by atoms with Gasteiger partial charge in [-0.15, -0.1) is 0 Å². The van der Waals surface area contributed by atoms with Crippen LogP contribution in [0.2, 0.25) is 0 Å². The van der Waals surface area contributed by atoms with Crippen molar-refractivity contribution in [2.75, 3.05) is 4.90 Å². The smallest absolute Gasteiger partial charge is 0.145 e. The molecule has 1 aliphatic rings. The van der Waals surface area contributed by atoms with Crippen LogP contribution in [-0.2, 0) is 0 Å². The first kappa shape index (κ1) is 16.6. The molecule has 5 aromatic rings. The molecule has 0 N–H and O–H groups in total. The Kier molecular flexibility index (Phi) is 3.61. The summed E-state index contributed by atoms with van der Waals surface area (Å²) < 4.78 is 3.36. The fraction of sp³-hybridized carbons (Fsp3) is 0. The number of imidazole rings is 1. The Morgan fingerprint density at radius 2 is 1.31 bits per heavy atom. The Hall–Kier alpha value is -3.37. The second kappa shape index (κ2) is 6.33. The van der Waals surface area contributed by atoms with Gasteiger partial charge in [0.1, 0.15) is 5.82 Å². The molecular formula is C25H16BrN3. The molecule has 3 nitrogen and oxygen atoms in total. The summed E-state index contributed by atoms with van der Waals surface area (Å²) in [6, 6.07) is 33.7. The Labute approximate surface area is 177 Å². The molecule has 0 radical (unpaired) electrons. The van der Waals surface area contributed by atoms with Crippen LogP contribution in [0.15, 0.2) is 102 Å². The van der Waals surface area contributed by atoms with E-state index in [1.54, 1.807) is 0 Å². The zero-order valence-corrected chi connectivity index (χ0v) is 17.0. The standard InChI is InChI=1S/C25H16BrN3/c26-18-15-13-17(14-16-18)25-27-20-9-6-12-23-24(20)29(25)22-11-5-4-10-21(22)28(23)19-7-2-1-3-8-19/h1-16H. The molecule has 0 atom stereocenters. The van der Waals surface area contributed by atoms with Crippen LogP contribution < -0.4 is 4.90 Å². The van der Waals surface area contributed by atoms with E-state index in [4.69, 9.17) is 4.98 Å². The van der Waals surface area contributed by atoms with Crippen LogP contribution in [0.3, 0.4) is 0 Å². The number of para-hydroxylation sites is 4. The number of fused-ring (bicyclic) bond motifs is 2. The van der Waals surface area contributed by atoms with Crippen molar-refractivity contribution in [3.05, 3.63) is 102 Å². The molecule has 0 spiro atoms. The number of hydrogen-bond acceptors (Lipinski definition) is 2. The van der Waals surface area contributed by atoms with Crippen LogP contribution in [0.25, 0.3) is 28.1 Å². The van der Waals surface area contributed by atoms with Gasteiger partial charge >= 0.3 is 0 Å². The lowest BCUT2D eigenvalue weighted by Gasteiger charge is -2.32. The summed E-state index contributed by atoms with van der Waals surface area (Å²) in [5.74, 6) is 0.958. The molecule has 6 rings (SSSR count). The maximum absolute atomic E-state index is 5.03. The highest BCUT2D eigenvalue weighted by Gasteiger charge is 2.28. The van der Waals surface area contributed by atoms with E-state index in [1.807, 2.05) is 0 Å². The Morgan fingerprint density at radius 1 is 0.621 bits per heavy atom. The maximum Gasteiger partial charge on any atom is 0.145 e. The van der Waals surface area contributed by atoms with Crippen LogP contribution in [-0.4, -0.2) is 9.55 Å². The van der Waals surface area contributed by atoms with E-state index in [0.717, 1.165) is 49.6 Å². The zero-order chi connectivity index (χ0) is 19.4. The minimum atomic E-state index is 0.958. The van der Waals surface area contributed by atoms with E-state index in [-0.39, 0.29) is 0 Å². The quantitative estimate of drug-likeness (QED) is 0.284. The molecule has 0 amide bonds. The van der Waals surface area contributed by atoms with Gasteiger partial charge in [-0.1, -0.05) is 64.5 Å². The molecular weight excluding hydrogens is 422 g/mol. The van der Waals surface area contributed by atoms with Gasteiger partial charge in [0.25, 0.3) is 0 Å². The Bertz CT molecular complexity index is 1350. The predicted molar refractivity (Wildman–Crippen MR) is 122 cm³/mol. The molecule has 29 heavy (non-hydrogen) atoms. The number of hydrogen-bond donors (Lipinski definition) is 0. The zero-order valence-electron chi connectivity index (χ0n) is 15.5. The van der Waals surface area contributed by atoms with Crippen LogP contribution in [0.5, 0.6) is 0 Å². The summed E-state index contributed by atoms with van der Waals surface area (Å²) in [4.78, 5) is 7.36. The summed E-state index contributed by atoms with van der Waals surface area (Å²) in [7, 11) is 0. The topological polar surface area (TPSA) is 21.1 Å². The van der Waals surface area contributed by atoms with Crippen molar-refractivity contribution in [2.45, 2.75) is 0 Å². The molecule has 0 unspecified atom stereocenters. The Balaban J connectivity index is 1.72. The highest BCUT2D eigenvalue weighted by Crippen LogP contribution is 2.47. The van der Waals surface area contributed by atoms with E-state index >= 15 is 0 Å². The number of aromatic nitrogens is 2. The fourth-order valence-corrected chi connectivity index (χ4v) is 4.41. The van der Waals surface area contributed by atoms with E-state index in [0.29, 0.717) is 0 Å². The van der Waals surface area contributed by atoms with Crippen molar-refractivity contribution in [1.29, 1.82) is 0 Å². The summed E-state index contributed by atoms with van der Waals surface area (Å²) >= 11 is 3.54. The van der Waals surface area contributed by atoms with E-state index < -0.39 is 0 Å². The van der Waals surface area contributed by atoms with E-state index in [2.05, 4.69) is 122 Å². The largest absolute Gasteiger partial charge is 0.306 e. The van der Waals surface area contributed by atoms with Gasteiger partial charge in [0, 0.05) is 15.7 Å². The number of rotatable bonds is 2. The van der Waals surface area contributed by atoms with Crippen molar-refractivity contribution >= 4 is 44.0 Å². The van der Waals surface area contributed by atoms with Gasteiger partial charge in [-0.25, -0.2) is 4.98 Å². The van der Waals surface area contributed by atoms with Gasteiger partial charge in [0.2, 0.25) is 0 Å². The van der Waals surface area contributed by atoms with Crippen LogP contribution in [0.4, 0.5) is 17.1 Å². The molecule has 0 fully saturated rings. The van der Waals surface area contributed by atoms with Crippen molar-refractivity contribution in [1.82, 2.24) is 9.55 Å². The SMILES string of the molecule is Brc1ccc(-c2nc3cccc4c3n2-c2ccccc2N4c2ccccc2)cc1. The van der Waals surface area contributed by atoms with Gasteiger partial charge < -0.3 is 4.90 Å². The first-order chi connectivity index (χ1) is 14.3. The summed E-state index contributed by atoms with van der Waals surface area (Å²) in [5.41, 5.74) is 7.79. The highest BCUT2D eigenvalue weighted by molar-refractivity contribution is 9.10. The highest BCUT2D eigenvalue weighted by atomic mass is 79.9. The molecule has 4 heteroatoms. The summed E-state index contributed by atoms with van der Waals surface area (Å²) in [6.45, 7) is 0. The van der Waals surface area contributed by atoms with Gasteiger partial charge in [-0.3, -0.25) is 4.57 Å². The lowest BCUT2D eigenvalue weighted by Crippen LogP contribution is -2.18. The summed E-state index contributed by atoms with van der Waals surface area (Å²) in [5, 5.41) is 0.